The molecule has 0 bridgehead atoms. The number of aliphatic hydroxyl groups is 1. The quantitative estimate of drug-likeness (QED) is 0.498. The summed E-state index contributed by atoms with van der Waals surface area (Å²) < 4.78 is 0. The molecule has 0 unspecified atom stereocenters. The summed E-state index contributed by atoms with van der Waals surface area (Å²) in [4.78, 5) is 24.8. The number of rotatable bonds is 2. The Morgan fingerprint density at radius 3 is 1.65 bits per heavy atom. The van der Waals surface area contributed by atoms with Crippen molar-refractivity contribution in [1.82, 2.24) is 0 Å². The largest absolute Gasteiger partial charge is 0.511 e. The summed E-state index contributed by atoms with van der Waals surface area (Å²) in [7, 11) is 0. The van der Waals surface area contributed by atoms with Crippen LogP contribution < -0.4 is 0 Å². The van der Waals surface area contributed by atoms with E-state index >= 15 is 0 Å². The average Bonchev–Trinajstić information content (AvgIpc) is 2.50. The molecule has 1 aliphatic carbocycles. The van der Waals surface area contributed by atoms with Gasteiger partial charge in [-0.3, -0.25) is 9.59 Å². The van der Waals surface area contributed by atoms with Crippen molar-refractivity contribution in [3.63, 3.8) is 0 Å². The molecule has 0 atom stereocenters. The van der Waals surface area contributed by atoms with Crippen LogP contribution in [0.25, 0.3) is 0 Å². The van der Waals surface area contributed by atoms with Crippen LogP contribution >= 0.6 is 0 Å². The van der Waals surface area contributed by atoms with Gasteiger partial charge in [-0.2, -0.15) is 0 Å². The van der Waals surface area contributed by atoms with Gasteiger partial charge in [0.25, 0.3) is 0 Å². The van der Waals surface area contributed by atoms with Gasteiger partial charge in [-0.05, 0) is 73.9 Å². The smallest absolute Gasteiger partial charge is 0.170 e. The number of hydrogen-bond donors (Lipinski definition) is 1. The highest BCUT2D eigenvalue weighted by Gasteiger charge is 2.35. The number of carbonyl (C=O) groups is 2. The van der Waals surface area contributed by atoms with Gasteiger partial charge < -0.3 is 5.11 Å². The van der Waals surface area contributed by atoms with Crippen molar-refractivity contribution in [2.75, 3.05) is 0 Å². The molecule has 1 aliphatic rings. The molecule has 0 heterocycles. The lowest BCUT2D eigenvalue weighted by molar-refractivity contribution is -0.124. The van der Waals surface area contributed by atoms with Crippen molar-refractivity contribution in [2.24, 2.45) is 0 Å². The average molecular weight is 314 g/mol. The molecule has 0 spiro atoms. The summed E-state index contributed by atoms with van der Waals surface area (Å²) in [6.45, 7) is 12.2. The van der Waals surface area contributed by atoms with E-state index in [4.69, 9.17) is 0 Å². The van der Waals surface area contributed by atoms with Crippen molar-refractivity contribution < 1.29 is 14.7 Å². The van der Waals surface area contributed by atoms with Crippen LogP contribution in [0.5, 0.6) is 0 Å². The van der Waals surface area contributed by atoms with E-state index in [-0.39, 0.29) is 28.8 Å². The van der Waals surface area contributed by atoms with Crippen molar-refractivity contribution in [3.05, 3.63) is 44.7 Å². The van der Waals surface area contributed by atoms with E-state index in [0.717, 1.165) is 5.56 Å². The fourth-order valence-corrected chi connectivity index (χ4v) is 3.72. The molecule has 1 aromatic rings. The molecule has 1 fully saturated rings. The minimum absolute atomic E-state index is 0.0274. The van der Waals surface area contributed by atoms with Gasteiger partial charge in [0, 0.05) is 19.3 Å². The summed E-state index contributed by atoms with van der Waals surface area (Å²) in [6, 6.07) is 0. The fraction of sp³-hybridized carbons (Fsp3) is 0.500. The number of aliphatic hydroxyl groups excluding tert-OH is 1. The number of allylic oxidation sites excluding steroid dienone is 2. The van der Waals surface area contributed by atoms with Gasteiger partial charge in [-0.1, -0.05) is 6.92 Å². The van der Waals surface area contributed by atoms with E-state index in [1.54, 1.807) is 6.92 Å². The Morgan fingerprint density at radius 2 is 1.26 bits per heavy atom. The maximum atomic E-state index is 12.4. The molecule has 3 nitrogen and oxygen atoms in total. The van der Waals surface area contributed by atoms with Crippen LogP contribution in [-0.2, 0) is 9.59 Å². The zero-order chi connectivity index (χ0) is 17.5. The second kappa shape index (κ2) is 6.31. The highest BCUT2D eigenvalue weighted by Crippen LogP contribution is 2.39. The number of hydrogen-bond acceptors (Lipinski definition) is 3. The molecule has 23 heavy (non-hydrogen) atoms. The van der Waals surface area contributed by atoms with Gasteiger partial charge in [-0.25, -0.2) is 0 Å². The first-order valence-electron chi connectivity index (χ1n) is 8.25. The van der Waals surface area contributed by atoms with Crippen LogP contribution in [0, 0.1) is 34.6 Å². The summed E-state index contributed by atoms with van der Waals surface area (Å²) in [6.07, 6.45) is 0.918. The number of Topliss-reactive ketones (excluding diaryl/α,β-unsaturated/α-hetero) is 2. The molecular weight excluding hydrogens is 288 g/mol. The molecular formula is C20H26O3. The summed E-state index contributed by atoms with van der Waals surface area (Å²) >= 11 is 0. The van der Waals surface area contributed by atoms with E-state index in [0.29, 0.717) is 19.3 Å². The van der Waals surface area contributed by atoms with E-state index in [9.17, 15) is 14.7 Å². The normalized spacial score (nSPS) is 18.5. The minimum atomic E-state index is -0.222. The van der Waals surface area contributed by atoms with Crippen LogP contribution in [0.4, 0.5) is 0 Å². The van der Waals surface area contributed by atoms with Crippen LogP contribution in [0.3, 0.4) is 0 Å². The molecule has 0 amide bonds. The highest BCUT2D eigenvalue weighted by molar-refractivity contribution is 6.22. The maximum Gasteiger partial charge on any atom is 0.170 e. The summed E-state index contributed by atoms with van der Waals surface area (Å²) in [5.41, 5.74) is 7.29. The third kappa shape index (κ3) is 2.85. The predicted octanol–water partition coefficient (Wildman–Crippen LogP) is 4.47. The summed E-state index contributed by atoms with van der Waals surface area (Å²) in [5.74, 6) is -0.592. The Bertz CT molecular complexity index is 674. The van der Waals surface area contributed by atoms with E-state index in [2.05, 4.69) is 34.6 Å². The molecule has 1 saturated carbocycles. The van der Waals surface area contributed by atoms with E-state index in [1.165, 1.54) is 27.8 Å². The van der Waals surface area contributed by atoms with Crippen molar-refractivity contribution in [1.29, 1.82) is 0 Å². The second-order valence-electron chi connectivity index (χ2n) is 6.67. The zero-order valence-electron chi connectivity index (χ0n) is 15.0. The van der Waals surface area contributed by atoms with Crippen molar-refractivity contribution in [3.8, 4) is 0 Å². The Balaban J connectivity index is 2.52. The van der Waals surface area contributed by atoms with Crippen LogP contribution in [0.1, 0.15) is 65.5 Å². The zero-order valence-corrected chi connectivity index (χ0v) is 15.0. The number of ketones is 2. The molecule has 0 aliphatic heterocycles. The lowest BCUT2D eigenvalue weighted by Gasteiger charge is -2.28. The Labute approximate surface area is 138 Å². The standard InChI is InChI=1S/C20H26O3/c1-7-16(21)20-17(22)8-15(9-18(20)23)19-13(5)11(3)10(2)12(4)14(19)6/h15,21H,7-9H2,1-6H3. The molecule has 0 aromatic heterocycles. The van der Waals surface area contributed by atoms with Gasteiger partial charge in [-0.15, -0.1) is 0 Å². The number of carbonyl (C=O) groups excluding carboxylic acids is 2. The van der Waals surface area contributed by atoms with E-state index < -0.39 is 0 Å². The highest BCUT2D eigenvalue weighted by atomic mass is 16.3. The molecule has 3 heteroatoms. The van der Waals surface area contributed by atoms with E-state index in [1.807, 2.05) is 0 Å². The van der Waals surface area contributed by atoms with Gasteiger partial charge >= 0.3 is 0 Å². The molecule has 1 N–H and O–H groups in total. The second-order valence-corrected chi connectivity index (χ2v) is 6.67. The Hall–Kier alpha value is -1.90. The first-order chi connectivity index (χ1) is 10.7. The lowest BCUT2D eigenvalue weighted by atomic mass is 9.74. The fourth-order valence-electron chi connectivity index (χ4n) is 3.72. The first-order valence-corrected chi connectivity index (χ1v) is 8.25. The van der Waals surface area contributed by atoms with Gasteiger partial charge in [0.2, 0.25) is 0 Å². The topological polar surface area (TPSA) is 54.4 Å². The van der Waals surface area contributed by atoms with Gasteiger partial charge in [0.1, 0.15) is 5.76 Å². The van der Waals surface area contributed by atoms with Gasteiger partial charge in [0.05, 0.1) is 5.57 Å². The third-order valence-corrected chi connectivity index (χ3v) is 5.51. The Morgan fingerprint density at radius 1 is 0.870 bits per heavy atom. The number of benzene rings is 1. The van der Waals surface area contributed by atoms with Crippen LogP contribution in [0.2, 0.25) is 0 Å². The lowest BCUT2D eigenvalue weighted by Crippen LogP contribution is -2.27. The van der Waals surface area contributed by atoms with Crippen LogP contribution in [0.15, 0.2) is 11.3 Å². The minimum Gasteiger partial charge on any atom is -0.511 e. The first kappa shape index (κ1) is 17.5. The molecule has 1 aromatic carbocycles. The SMILES string of the molecule is CCC(O)=C1C(=O)CC(c2c(C)c(C)c(C)c(C)c2C)CC1=O. The van der Waals surface area contributed by atoms with Crippen molar-refractivity contribution in [2.45, 2.75) is 66.7 Å². The third-order valence-electron chi connectivity index (χ3n) is 5.51. The predicted molar refractivity (Wildman–Crippen MR) is 92.1 cm³/mol. The molecule has 0 radical (unpaired) electrons. The Kier molecular flexibility index (Phi) is 4.79. The molecule has 0 saturated heterocycles. The summed E-state index contributed by atoms with van der Waals surface area (Å²) in [5, 5.41) is 9.85. The van der Waals surface area contributed by atoms with Crippen molar-refractivity contribution >= 4 is 11.6 Å². The maximum absolute atomic E-state index is 12.4. The monoisotopic (exact) mass is 314 g/mol. The van der Waals surface area contributed by atoms with Crippen LogP contribution in [-0.4, -0.2) is 16.7 Å². The molecule has 124 valence electrons. The van der Waals surface area contributed by atoms with Gasteiger partial charge in [0.15, 0.2) is 11.6 Å². The molecule has 2 rings (SSSR count).